The van der Waals surface area contributed by atoms with Gasteiger partial charge in [0.05, 0.1) is 12.1 Å². The van der Waals surface area contributed by atoms with Crippen LogP contribution in [0.5, 0.6) is 0 Å². The topological polar surface area (TPSA) is 88.8 Å². The second-order valence-corrected chi connectivity index (χ2v) is 8.40. The molecule has 1 aliphatic carbocycles. The Labute approximate surface area is 177 Å². The van der Waals surface area contributed by atoms with E-state index in [2.05, 4.69) is 22.6 Å². The Bertz CT molecular complexity index is 949. The lowest BCUT2D eigenvalue weighted by molar-refractivity contribution is 0.117. The first-order valence-electron chi connectivity index (χ1n) is 11.3. The molecule has 30 heavy (non-hydrogen) atoms. The summed E-state index contributed by atoms with van der Waals surface area (Å²) < 4.78 is 1.80. The number of aromatic nitrogens is 5. The van der Waals surface area contributed by atoms with E-state index in [-0.39, 0.29) is 6.04 Å². The minimum absolute atomic E-state index is 0.156. The number of hydrogen-bond donors (Lipinski definition) is 2. The van der Waals surface area contributed by atoms with E-state index in [9.17, 15) is 5.11 Å². The molecule has 4 rings (SSSR count). The summed E-state index contributed by atoms with van der Waals surface area (Å²) in [6.07, 6.45) is 8.46. The number of nitrogens with one attached hydrogen (secondary N) is 1. The lowest BCUT2D eigenvalue weighted by Crippen LogP contribution is -2.24. The Morgan fingerprint density at radius 2 is 1.90 bits per heavy atom. The predicted octanol–water partition coefficient (Wildman–Crippen LogP) is 4.75. The lowest BCUT2D eigenvalue weighted by Gasteiger charge is -2.23. The van der Waals surface area contributed by atoms with Crippen LogP contribution >= 0.6 is 0 Å². The molecule has 1 aliphatic rings. The molecular weight excluding hydrogens is 376 g/mol. The zero-order valence-electron chi connectivity index (χ0n) is 18.0. The van der Waals surface area contributed by atoms with E-state index >= 15 is 0 Å². The molecule has 0 saturated heterocycles. The van der Waals surface area contributed by atoms with Crippen molar-refractivity contribution in [3.05, 3.63) is 30.3 Å². The van der Waals surface area contributed by atoms with Gasteiger partial charge < -0.3 is 10.4 Å². The maximum absolute atomic E-state index is 10.4. The van der Waals surface area contributed by atoms with Gasteiger partial charge in [-0.15, -0.1) is 5.10 Å². The number of unbranched alkanes of at least 4 members (excludes halogenated alkanes) is 1. The largest absolute Gasteiger partial charge is 0.391 e. The average Bonchev–Trinajstić information content (AvgIpc) is 3.19. The third-order valence-corrected chi connectivity index (χ3v) is 6.03. The molecule has 1 fully saturated rings. The molecule has 0 unspecified atom stereocenters. The van der Waals surface area contributed by atoms with Crippen LogP contribution < -0.4 is 5.32 Å². The summed E-state index contributed by atoms with van der Waals surface area (Å²) >= 11 is 0. The van der Waals surface area contributed by atoms with E-state index in [1.54, 1.807) is 4.68 Å². The van der Waals surface area contributed by atoms with Crippen molar-refractivity contribution in [3.63, 3.8) is 0 Å². The van der Waals surface area contributed by atoms with Crippen molar-refractivity contribution < 1.29 is 5.11 Å². The van der Waals surface area contributed by atoms with Gasteiger partial charge in [-0.25, -0.2) is 14.6 Å². The van der Waals surface area contributed by atoms with Crippen LogP contribution in [0.1, 0.15) is 71.3 Å². The summed E-state index contributed by atoms with van der Waals surface area (Å²) in [4.78, 5) is 9.69. The van der Waals surface area contributed by atoms with Crippen LogP contribution in [0.2, 0.25) is 0 Å². The highest BCUT2D eigenvalue weighted by Gasteiger charge is 2.25. The molecule has 7 nitrogen and oxygen atoms in total. The van der Waals surface area contributed by atoms with Crippen molar-refractivity contribution in [1.82, 2.24) is 25.0 Å². The van der Waals surface area contributed by atoms with Crippen molar-refractivity contribution in [1.29, 1.82) is 0 Å². The number of hydrogen-bond acceptors (Lipinski definition) is 6. The van der Waals surface area contributed by atoms with E-state index in [4.69, 9.17) is 9.97 Å². The zero-order chi connectivity index (χ0) is 20.9. The standard InChI is InChI=1S/C23H32N6O/c1-3-4-15-19(16(2)30)29-23-20(27-28-29)22(24-18-13-9-6-10-14-18)25-21(26-23)17-11-7-5-8-12-17/h5,7-8,11-12,16,18-19,30H,3-4,6,9-10,13-15H2,1-2H3,(H,24,25,26)/t16-,19+/m1/s1. The Hall–Kier alpha value is -2.54. The van der Waals surface area contributed by atoms with Crippen LogP contribution in [0.3, 0.4) is 0 Å². The van der Waals surface area contributed by atoms with Gasteiger partial charge in [0.1, 0.15) is 0 Å². The van der Waals surface area contributed by atoms with Gasteiger partial charge in [0.2, 0.25) is 0 Å². The molecule has 7 heteroatoms. The van der Waals surface area contributed by atoms with Gasteiger partial charge in [-0.1, -0.05) is 74.6 Å². The SMILES string of the molecule is CCCC[C@@H]([C@@H](C)O)n1nnc2c(NC3CCCCC3)nc(-c3ccccc3)nc21. The normalized spacial score (nSPS) is 17.2. The molecule has 2 N–H and O–H groups in total. The second kappa shape index (κ2) is 9.51. The first kappa shape index (κ1) is 20.7. The monoisotopic (exact) mass is 408 g/mol. The first-order valence-corrected chi connectivity index (χ1v) is 11.3. The Morgan fingerprint density at radius 3 is 2.60 bits per heavy atom. The van der Waals surface area contributed by atoms with Gasteiger partial charge in [-0.2, -0.15) is 0 Å². The summed E-state index contributed by atoms with van der Waals surface area (Å²) in [7, 11) is 0. The van der Waals surface area contributed by atoms with E-state index < -0.39 is 6.10 Å². The average molecular weight is 409 g/mol. The van der Waals surface area contributed by atoms with E-state index in [1.807, 2.05) is 37.3 Å². The van der Waals surface area contributed by atoms with Crippen LogP contribution in [0.15, 0.2) is 30.3 Å². The molecule has 0 aliphatic heterocycles. The van der Waals surface area contributed by atoms with Gasteiger partial charge in [0.15, 0.2) is 22.8 Å². The third-order valence-electron chi connectivity index (χ3n) is 6.03. The van der Waals surface area contributed by atoms with Crippen molar-refractivity contribution >= 4 is 17.0 Å². The van der Waals surface area contributed by atoms with Crippen LogP contribution in [0, 0.1) is 0 Å². The van der Waals surface area contributed by atoms with Crippen LogP contribution in [-0.2, 0) is 0 Å². The third kappa shape index (κ3) is 4.46. The molecule has 160 valence electrons. The van der Waals surface area contributed by atoms with Crippen LogP contribution in [-0.4, -0.2) is 42.2 Å². The Morgan fingerprint density at radius 1 is 1.13 bits per heavy atom. The molecule has 0 radical (unpaired) electrons. The number of benzene rings is 1. The van der Waals surface area contributed by atoms with Crippen LogP contribution in [0.4, 0.5) is 5.82 Å². The first-order chi connectivity index (χ1) is 14.7. The van der Waals surface area contributed by atoms with Gasteiger partial charge in [0, 0.05) is 11.6 Å². The molecule has 2 heterocycles. The molecule has 2 aromatic heterocycles. The number of nitrogens with zero attached hydrogens (tertiary/aromatic N) is 5. The number of aliphatic hydroxyl groups is 1. The molecule has 1 aromatic carbocycles. The summed E-state index contributed by atoms with van der Waals surface area (Å²) in [5.74, 6) is 1.40. The fourth-order valence-corrected chi connectivity index (χ4v) is 4.29. The number of rotatable bonds is 8. The molecule has 0 bridgehead atoms. The zero-order valence-corrected chi connectivity index (χ0v) is 18.0. The van der Waals surface area contributed by atoms with Crippen molar-refractivity contribution in [2.45, 2.75) is 83.4 Å². The van der Waals surface area contributed by atoms with Crippen LogP contribution in [0.25, 0.3) is 22.6 Å². The predicted molar refractivity (Wildman–Crippen MR) is 119 cm³/mol. The summed E-state index contributed by atoms with van der Waals surface area (Å²) in [5, 5.41) is 22.9. The molecular formula is C23H32N6O. The molecule has 2 atom stereocenters. The maximum Gasteiger partial charge on any atom is 0.184 e. The summed E-state index contributed by atoms with van der Waals surface area (Å²) in [6.45, 7) is 3.97. The highest BCUT2D eigenvalue weighted by atomic mass is 16.3. The number of anilines is 1. The van der Waals surface area contributed by atoms with E-state index in [0.717, 1.165) is 43.5 Å². The summed E-state index contributed by atoms with van der Waals surface area (Å²) in [6, 6.07) is 10.3. The smallest absolute Gasteiger partial charge is 0.184 e. The summed E-state index contributed by atoms with van der Waals surface area (Å²) in [5.41, 5.74) is 2.33. The molecule has 1 saturated carbocycles. The Kier molecular flexibility index (Phi) is 6.57. The fraction of sp³-hybridized carbons (Fsp3) is 0.565. The van der Waals surface area contributed by atoms with E-state index in [1.165, 1.54) is 19.3 Å². The molecule has 0 amide bonds. The molecule has 0 spiro atoms. The highest BCUT2D eigenvalue weighted by Crippen LogP contribution is 2.29. The van der Waals surface area contributed by atoms with Crippen molar-refractivity contribution in [2.24, 2.45) is 0 Å². The van der Waals surface area contributed by atoms with Gasteiger partial charge in [-0.3, -0.25) is 0 Å². The quantitative estimate of drug-likeness (QED) is 0.559. The second-order valence-electron chi connectivity index (χ2n) is 8.40. The highest BCUT2D eigenvalue weighted by molar-refractivity contribution is 5.84. The van der Waals surface area contributed by atoms with E-state index in [0.29, 0.717) is 23.0 Å². The maximum atomic E-state index is 10.4. The number of fused-ring (bicyclic) bond motifs is 1. The van der Waals surface area contributed by atoms with Gasteiger partial charge in [-0.05, 0) is 26.2 Å². The lowest BCUT2D eigenvalue weighted by atomic mass is 9.95. The van der Waals surface area contributed by atoms with Crippen molar-refractivity contribution in [3.8, 4) is 11.4 Å². The Balaban J connectivity index is 1.80. The van der Waals surface area contributed by atoms with Gasteiger partial charge in [0.25, 0.3) is 0 Å². The fourth-order valence-electron chi connectivity index (χ4n) is 4.29. The minimum Gasteiger partial charge on any atom is -0.391 e. The molecule has 3 aromatic rings. The number of aliphatic hydroxyl groups excluding tert-OH is 1. The minimum atomic E-state index is -0.536. The van der Waals surface area contributed by atoms with Gasteiger partial charge >= 0.3 is 0 Å². The van der Waals surface area contributed by atoms with Crippen molar-refractivity contribution in [2.75, 3.05) is 5.32 Å².